The Morgan fingerprint density at radius 2 is 1.43 bits per heavy atom. The van der Waals surface area contributed by atoms with Crippen LogP contribution in [0.1, 0.15) is 22.8 Å². The van der Waals surface area contributed by atoms with Crippen LogP contribution in [0.25, 0.3) is 0 Å². The average molecular weight is 367 g/mol. The van der Waals surface area contributed by atoms with E-state index in [1.807, 2.05) is 0 Å². The molecule has 0 aliphatic heterocycles. The minimum atomic E-state index is -4.81. The maximum absolute atomic E-state index is 13.5. The van der Waals surface area contributed by atoms with E-state index in [1.54, 1.807) is 0 Å². The summed E-state index contributed by atoms with van der Waals surface area (Å²) >= 11 is 2.94. The second kappa shape index (κ2) is 5.73. The molecule has 1 atom stereocenters. The van der Waals surface area contributed by atoms with Gasteiger partial charge in [0.1, 0.15) is 17.7 Å². The highest BCUT2D eigenvalue weighted by atomic mass is 79.9. The molecule has 0 bridgehead atoms. The van der Waals surface area contributed by atoms with Gasteiger partial charge >= 0.3 is 6.18 Å². The Morgan fingerprint density at radius 3 is 1.90 bits per heavy atom. The van der Waals surface area contributed by atoms with E-state index in [-0.39, 0.29) is 15.6 Å². The number of rotatable bonds is 2. The molecule has 1 N–H and O–H groups in total. The average Bonchev–Trinajstić information content (AvgIpc) is 2.39. The van der Waals surface area contributed by atoms with Crippen LogP contribution in [0, 0.1) is 11.6 Å². The van der Waals surface area contributed by atoms with Crippen molar-refractivity contribution in [1.29, 1.82) is 0 Å². The van der Waals surface area contributed by atoms with Gasteiger partial charge in [0.15, 0.2) is 0 Å². The number of aliphatic hydroxyl groups excluding tert-OH is 1. The van der Waals surface area contributed by atoms with Crippen LogP contribution in [0.4, 0.5) is 22.0 Å². The van der Waals surface area contributed by atoms with Crippen LogP contribution in [-0.4, -0.2) is 5.11 Å². The standard InChI is InChI=1S/C14H8BrF5O/c15-10-4-2-8(6-12(10)17)13(21)7-1-3-9(11(16)5-7)14(18,19)20/h1-6,13,21H. The van der Waals surface area contributed by atoms with Gasteiger partial charge in [-0.2, -0.15) is 13.2 Å². The third-order valence-corrected chi connectivity index (χ3v) is 3.52. The number of halogens is 6. The van der Waals surface area contributed by atoms with Crippen molar-refractivity contribution >= 4 is 15.9 Å². The molecule has 1 nitrogen and oxygen atoms in total. The number of hydrogen-bond acceptors (Lipinski definition) is 1. The summed E-state index contributed by atoms with van der Waals surface area (Å²) in [5.41, 5.74) is -1.41. The largest absolute Gasteiger partial charge is 0.419 e. The summed E-state index contributed by atoms with van der Waals surface area (Å²) < 4.78 is 64.3. The molecule has 0 aliphatic rings. The van der Waals surface area contributed by atoms with Crippen LogP contribution in [0.2, 0.25) is 0 Å². The first-order valence-electron chi connectivity index (χ1n) is 5.70. The van der Waals surface area contributed by atoms with Crippen LogP contribution in [0.15, 0.2) is 40.9 Å². The zero-order valence-electron chi connectivity index (χ0n) is 10.3. The Balaban J connectivity index is 2.38. The summed E-state index contributed by atoms with van der Waals surface area (Å²) in [6, 6.07) is 5.83. The molecule has 0 aliphatic carbocycles. The van der Waals surface area contributed by atoms with Crippen molar-refractivity contribution in [2.24, 2.45) is 0 Å². The molecule has 21 heavy (non-hydrogen) atoms. The van der Waals surface area contributed by atoms with E-state index in [2.05, 4.69) is 15.9 Å². The molecule has 2 aromatic rings. The van der Waals surface area contributed by atoms with Gasteiger partial charge in [-0.25, -0.2) is 8.78 Å². The zero-order chi connectivity index (χ0) is 15.8. The van der Waals surface area contributed by atoms with Gasteiger partial charge in [0.2, 0.25) is 0 Å². The third kappa shape index (κ3) is 3.41. The van der Waals surface area contributed by atoms with Crippen LogP contribution in [0.3, 0.4) is 0 Å². The molecule has 2 rings (SSSR count). The first-order valence-corrected chi connectivity index (χ1v) is 6.49. The van der Waals surface area contributed by atoms with Gasteiger partial charge in [0.25, 0.3) is 0 Å². The van der Waals surface area contributed by atoms with Crippen LogP contribution < -0.4 is 0 Å². The summed E-state index contributed by atoms with van der Waals surface area (Å²) in [4.78, 5) is 0. The molecule has 0 amide bonds. The van der Waals surface area contributed by atoms with Gasteiger partial charge in [-0.05, 0) is 51.3 Å². The normalized spacial score (nSPS) is 13.3. The van der Waals surface area contributed by atoms with Gasteiger partial charge in [-0.3, -0.25) is 0 Å². The summed E-state index contributed by atoms with van der Waals surface area (Å²) in [7, 11) is 0. The van der Waals surface area contributed by atoms with Crippen molar-refractivity contribution in [2.75, 3.05) is 0 Å². The van der Waals surface area contributed by atoms with E-state index in [1.165, 1.54) is 12.1 Å². The Hall–Kier alpha value is -1.47. The smallest absolute Gasteiger partial charge is 0.384 e. The number of hydrogen-bond donors (Lipinski definition) is 1. The van der Waals surface area contributed by atoms with Gasteiger partial charge in [0, 0.05) is 0 Å². The Bertz CT molecular complexity index is 669. The van der Waals surface area contributed by atoms with Crippen LogP contribution in [-0.2, 0) is 6.18 Å². The molecular weight excluding hydrogens is 359 g/mol. The molecular formula is C14H8BrF5O. The molecule has 7 heteroatoms. The van der Waals surface area contributed by atoms with Gasteiger partial charge in [-0.15, -0.1) is 0 Å². The number of benzene rings is 2. The van der Waals surface area contributed by atoms with Crippen molar-refractivity contribution in [3.05, 3.63) is 69.2 Å². The first kappa shape index (κ1) is 15.9. The van der Waals surface area contributed by atoms with Gasteiger partial charge in [-0.1, -0.05) is 12.1 Å². The van der Waals surface area contributed by atoms with E-state index in [9.17, 15) is 27.1 Å². The van der Waals surface area contributed by atoms with Crippen molar-refractivity contribution < 1.29 is 27.1 Å². The minimum Gasteiger partial charge on any atom is -0.384 e. The summed E-state index contributed by atoms with van der Waals surface area (Å²) in [6.07, 6.45) is -6.23. The molecule has 0 saturated heterocycles. The highest BCUT2D eigenvalue weighted by Crippen LogP contribution is 2.33. The van der Waals surface area contributed by atoms with Crippen LogP contribution >= 0.6 is 15.9 Å². The maximum atomic E-state index is 13.5. The number of alkyl halides is 3. The van der Waals surface area contributed by atoms with Crippen LogP contribution in [0.5, 0.6) is 0 Å². The highest BCUT2D eigenvalue weighted by Gasteiger charge is 2.34. The fourth-order valence-electron chi connectivity index (χ4n) is 1.81. The van der Waals surface area contributed by atoms with Crippen molar-refractivity contribution in [2.45, 2.75) is 12.3 Å². The minimum absolute atomic E-state index is 0.0952. The first-order chi connectivity index (χ1) is 9.70. The lowest BCUT2D eigenvalue weighted by Gasteiger charge is -2.14. The molecule has 0 radical (unpaired) electrons. The maximum Gasteiger partial charge on any atom is 0.419 e. The Morgan fingerprint density at radius 1 is 0.905 bits per heavy atom. The van der Waals surface area contributed by atoms with E-state index >= 15 is 0 Å². The lowest BCUT2D eigenvalue weighted by molar-refractivity contribution is -0.140. The molecule has 0 saturated carbocycles. The lowest BCUT2D eigenvalue weighted by Crippen LogP contribution is -2.09. The molecule has 0 fully saturated rings. The fourth-order valence-corrected chi connectivity index (χ4v) is 2.05. The van der Waals surface area contributed by atoms with Crippen molar-refractivity contribution in [3.8, 4) is 0 Å². The molecule has 0 spiro atoms. The summed E-state index contributed by atoms with van der Waals surface area (Å²) in [5.74, 6) is -2.13. The van der Waals surface area contributed by atoms with Gasteiger partial charge in [0.05, 0.1) is 10.0 Å². The number of aliphatic hydroxyl groups is 1. The van der Waals surface area contributed by atoms with E-state index in [0.717, 1.165) is 12.1 Å². The Labute approximate surface area is 125 Å². The Kier molecular flexibility index (Phi) is 4.34. The topological polar surface area (TPSA) is 20.2 Å². The zero-order valence-corrected chi connectivity index (χ0v) is 11.8. The summed E-state index contributed by atoms with van der Waals surface area (Å²) in [5, 5.41) is 10.00. The predicted molar refractivity (Wildman–Crippen MR) is 69.6 cm³/mol. The highest BCUT2D eigenvalue weighted by molar-refractivity contribution is 9.10. The second-order valence-corrected chi connectivity index (χ2v) is 5.17. The SMILES string of the molecule is OC(c1ccc(Br)c(F)c1)c1ccc(C(F)(F)F)c(F)c1. The molecule has 0 aromatic heterocycles. The fraction of sp³-hybridized carbons (Fsp3) is 0.143. The van der Waals surface area contributed by atoms with Crippen molar-refractivity contribution in [1.82, 2.24) is 0 Å². The third-order valence-electron chi connectivity index (χ3n) is 2.87. The van der Waals surface area contributed by atoms with Crippen molar-refractivity contribution in [3.63, 3.8) is 0 Å². The van der Waals surface area contributed by atoms with E-state index < -0.39 is 29.5 Å². The predicted octanol–water partition coefficient (Wildman–Crippen LogP) is 4.83. The second-order valence-electron chi connectivity index (χ2n) is 4.31. The monoisotopic (exact) mass is 366 g/mol. The van der Waals surface area contributed by atoms with Gasteiger partial charge < -0.3 is 5.11 Å². The molecule has 1 unspecified atom stereocenters. The van der Waals surface area contributed by atoms with E-state index in [4.69, 9.17) is 0 Å². The quantitative estimate of drug-likeness (QED) is 0.755. The molecule has 2 aromatic carbocycles. The van der Waals surface area contributed by atoms with E-state index in [0.29, 0.717) is 12.1 Å². The summed E-state index contributed by atoms with van der Waals surface area (Å²) in [6.45, 7) is 0. The molecule has 112 valence electrons. The molecule has 0 heterocycles. The lowest BCUT2D eigenvalue weighted by atomic mass is 10.00.